The van der Waals surface area contributed by atoms with Gasteiger partial charge in [-0.3, -0.25) is 0 Å². The van der Waals surface area contributed by atoms with Crippen molar-refractivity contribution in [3.63, 3.8) is 0 Å². The summed E-state index contributed by atoms with van der Waals surface area (Å²) >= 11 is 0. The molecule has 0 fully saturated rings. The van der Waals surface area contributed by atoms with E-state index in [1.165, 1.54) is 14.2 Å². The van der Waals surface area contributed by atoms with Crippen LogP contribution in [0.2, 0.25) is 0 Å². The fourth-order valence-electron chi connectivity index (χ4n) is 0.990. The molecule has 0 bridgehead atoms. The second-order valence-corrected chi connectivity index (χ2v) is 2.44. The van der Waals surface area contributed by atoms with E-state index >= 15 is 0 Å². The largest absolute Gasteiger partial charge is 0.356 e. The maximum absolute atomic E-state index is 7.71. The molecule has 0 radical (unpaired) electrons. The van der Waals surface area contributed by atoms with E-state index in [1.54, 1.807) is 0 Å². The van der Waals surface area contributed by atoms with Crippen LogP contribution in [0.4, 0.5) is 0 Å². The molecule has 66 valence electrons. The van der Waals surface area contributed by atoms with E-state index in [4.69, 9.17) is 10.8 Å². The summed E-state index contributed by atoms with van der Waals surface area (Å²) in [7, 11) is 2.94. The highest BCUT2D eigenvalue weighted by Gasteiger charge is 2.04. The van der Waals surface area contributed by atoms with Crippen LogP contribution in [0, 0.1) is 0 Å². The van der Waals surface area contributed by atoms with Gasteiger partial charge in [0, 0.05) is 20.6 Å². The van der Waals surface area contributed by atoms with Crippen LogP contribution in [0.3, 0.4) is 0 Å². The molecule has 12 heavy (non-hydrogen) atoms. The standard InChI is InChI=1S/C10H14O2/c1-11-10(12-2)8-9-6-4-3-5-7-9/h3-7,10H,8H2,1-2H3/i10D. The van der Waals surface area contributed by atoms with E-state index in [9.17, 15) is 0 Å². The number of benzene rings is 1. The fraction of sp³-hybridized carbons (Fsp3) is 0.400. The van der Waals surface area contributed by atoms with E-state index < -0.39 is 6.27 Å². The van der Waals surface area contributed by atoms with Gasteiger partial charge in [0.25, 0.3) is 0 Å². The van der Waals surface area contributed by atoms with Gasteiger partial charge in [0.1, 0.15) is 0 Å². The first kappa shape index (κ1) is 7.77. The molecule has 0 aliphatic rings. The van der Waals surface area contributed by atoms with Crippen molar-refractivity contribution in [2.24, 2.45) is 0 Å². The predicted molar refractivity (Wildman–Crippen MR) is 48.0 cm³/mol. The molecular weight excluding hydrogens is 152 g/mol. The molecule has 0 amide bonds. The van der Waals surface area contributed by atoms with Crippen molar-refractivity contribution in [1.29, 1.82) is 0 Å². The average Bonchev–Trinajstić information content (AvgIpc) is 2.19. The Balaban J connectivity index is 2.68. The van der Waals surface area contributed by atoms with Gasteiger partial charge in [-0.15, -0.1) is 0 Å². The summed E-state index contributed by atoms with van der Waals surface area (Å²) in [6, 6.07) is 9.69. The van der Waals surface area contributed by atoms with Crippen LogP contribution in [-0.4, -0.2) is 20.5 Å². The third kappa shape index (κ3) is 2.64. The third-order valence-electron chi connectivity index (χ3n) is 1.65. The van der Waals surface area contributed by atoms with Crippen LogP contribution >= 0.6 is 0 Å². The van der Waals surface area contributed by atoms with E-state index in [1.807, 2.05) is 30.3 Å². The lowest BCUT2D eigenvalue weighted by molar-refractivity contribution is -0.100. The SMILES string of the molecule is [2H]C(Cc1ccccc1)(OC)OC. The molecule has 0 saturated heterocycles. The zero-order valence-electron chi connectivity index (χ0n) is 8.41. The Morgan fingerprint density at radius 2 is 1.83 bits per heavy atom. The summed E-state index contributed by atoms with van der Waals surface area (Å²) in [6.45, 7) is 0. The van der Waals surface area contributed by atoms with Crippen LogP contribution in [0.25, 0.3) is 0 Å². The van der Waals surface area contributed by atoms with Gasteiger partial charge < -0.3 is 9.47 Å². The van der Waals surface area contributed by atoms with Crippen molar-refractivity contribution in [1.82, 2.24) is 0 Å². The van der Waals surface area contributed by atoms with E-state index in [-0.39, 0.29) is 0 Å². The summed E-state index contributed by atoms with van der Waals surface area (Å²) in [5.74, 6) is 0. The average molecular weight is 167 g/mol. The molecule has 0 aromatic heterocycles. The van der Waals surface area contributed by atoms with Gasteiger partial charge in [-0.25, -0.2) is 0 Å². The van der Waals surface area contributed by atoms with Crippen LogP contribution in [-0.2, 0) is 15.9 Å². The highest BCUT2D eigenvalue weighted by molar-refractivity contribution is 5.14. The number of ether oxygens (including phenoxy) is 2. The van der Waals surface area contributed by atoms with Crippen molar-refractivity contribution in [3.05, 3.63) is 35.9 Å². The highest BCUT2D eigenvalue weighted by Crippen LogP contribution is 2.05. The molecule has 2 heteroatoms. The Morgan fingerprint density at radius 3 is 2.33 bits per heavy atom. The molecule has 0 atom stereocenters. The normalized spacial score (nSPS) is 12.7. The van der Waals surface area contributed by atoms with Crippen molar-refractivity contribution < 1.29 is 10.8 Å². The quantitative estimate of drug-likeness (QED) is 0.637. The second kappa shape index (κ2) is 4.91. The van der Waals surface area contributed by atoms with Crippen LogP contribution in [0.1, 0.15) is 6.93 Å². The van der Waals surface area contributed by atoms with Gasteiger partial charge in [0.05, 0.1) is 1.37 Å². The maximum atomic E-state index is 7.71. The van der Waals surface area contributed by atoms with Crippen molar-refractivity contribution >= 4 is 0 Å². The van der Waals surface area contributed by atoms with E-state index in [0.29, 0.717) is 6.42 Å². The summed E-state index contributed by atoms with van der Waals surface area (Å²) in [6.07, 6.45) is -0.831. The highest BCUT2D eigenvalue weighted by atomic mass is 16.7. The molecule has 0 heterocycles. The molecule has 0 spiro atoms. The van der Waals surface area contributed by atoms with Crippen LogP contribution in [0.5, 0.6) is 0 Å². The summed E-state index contributed by atoms with van der Waals surface area (Å²) < 4.78 is 17.6. The van der Waals surface area contributed by atoms with Crippen molar-refractivity contribution in [2.45, 2.75) is 12.7 Å². The lowest BCUT2D eigenvalue weighted by Gasteiger charge is -2.12. The Hall–Kier alpha value is -0.860. The van der Waals surface area contributed by atoms with Crippen LogP contribution in [0.15, 0.2) is 30.3 Å². The van der Waals surface area contributed by atoms with Gasteiger partial charge in [-0.2, -0.15) is 0 Å². The zero-order chi connectivity index (χ0) is 9.73. The van der Waals surface area contributed by atoms with E-state index in [0.717, 1.165) is 5.56 Å². The van der Waals surface area contributed by atoms with E-state index in [2.05, 4.69) is 0 Å². The lowest BCUT2D eigenvalue weighted by atomic mass is 10.1. The minimum Gasteiger partial charge on any atom is -0.356 e. The maximum Gasteiger partial charge on any atom is 0.160 e. The number of hydrogen-bond donors (Lipinski definition) is 0. The minimum atomic E-state index is -1.26. The van der Waals surface area contributed by atoms with Crippen molar-refractivity contribution in [3.8, 4) is 0 Å². The Bertz CT molecular complexity index is 244. The number of methoxy groups -OCH3 is 2. The van der Waals surface area contributed by atoms with Gasteiger partial charge in [-0.1, -0.05) is 30.3 Å². The smallest absolute Gasteiger partial charge is 0.160 e. The Labute approximate surface area is 74.5 Å². The number of hydrogen-bond acceptors (Lipinski definition) is 2. The molecule has 0 N–H and O–H groups in total. The zero-order valence-corrected chi connectivity index (χ0v) is 7.41. The van der Waals surface area contributed by atoms with Gasteiger partial charge >= 0.3 is 0 Å². The molecule has 1 rings (SSSR count). The lowest BCUT2D eigenvalue weighted by Crippen LogP contribution is -2.15. The predicted octanol–water partition coefficient (Wildman–Crippen LogP) is 1.85. The first-order chi connectivity index (χ1) is 6.20. The molecule has 1 aromatic rings. The first-order valence-corrected chi connectivity index (χ1v) is 3.84. The fourth-order valence-corrected chi connectivity index (χ4v) is 0.990. The third-order valence-corrected chi connectivity index (χ3v) is 1.65. The minimum absolute atomic E-state index is 0.431. The Kier molecular flexibility index (Phi) is 3.18. The van der Waals surface area contributed by atoms with Crippen LogP contribution < -0.4 is 0 Å². The molecule has 0 aliphatic heterocycles. The summed E-state index contributed by atoms with van der Waals surface area (Å²) in [5.41, 5.74) is 1.03. The summed E-state index contributed by atoms with van der Waals surface area (Å²) in [5, 5.41) is 0. The molecule has 0 aliphatic carbocycles. The molecule has 1 aromatic carbocycles. The molecular formula is C10H14O2. The summed E-state index contributed by atoms with van der Waals surface area (Å²) in [4.78, 5) is 0. The van der Waals surface area contributed by atoms with Gasteiger partial charge in [0.2, 0.25) is 0 Å². The molecule has 2 nitrogen and oxygen atoms in total. The van der Waals surface area contributed by atoms with Gasteiger partial charge in [0.15, 0.2) is 6.27 Å². The Morgan fingerprint density at radius 1 is 1.25 bits per heavy atom. The van der Waals surface area contributed by atoms with Crippen molar-refractivity contribution in [2.75, 3.05) is 14.2 Å². The molecule has 0 saturated carbocycles. The first-order valence-electron chi connectivity index (χ1n) is 4.34. The van der Waals surface area contributed by atoms with Gasteiger partial charge in [-0.05, 0) is 5.56 Å². The molecule has 0 unspecified atom stereocenters. The second-order valence-electron chi connectivity index (χ2n) is 2.44. The number of rotatable bonds is 4. The topological polar surface area (TPSA) is 18.5 Å². The monoisotopic (exact) mass is 167 g/mol.